The van der Waals surface area contributed by atoms with Crippen molar-refractivity contribution in [2.45, 2.75) is 25.3 Å². The third kappa shape index (κ3) is 3.20. The highest BCUT2D eigenvalue weighted by Crippen LogP contribution is 2.23. The van der Waals surface area contributed by atoms with Crippen LogP contribution in [0.1, 0.15) is 17.8 Å². The lowest BCUT2D eigenvalue weighted by molar-refractivity contribution is -0.124. The number of aryl methyl sites for hydroxylation is 1. The van der Waals surface area contributed by atoms with Crippen LogP contribution in [0.3, 0.4) is 0 Å². The molecule has 1 saturated heterocycles. The Morgan fingerprint density at radius 3 is 3.05 bits per heavy atom. The first-order chi connectivity index (χ1) is 10.6. The first-order valence-electron chi connectivity index (χ1n) is 7.54. The number of piperidine rings is 1. The number of carbonyl (C=O) groups excluding carboxylic acids is 1. The van der Waals surface area contributed by atoms with Crippen LogP contribution in [0, 0.1) is 0 Å². The van der Waals surface area contributed by atoms with Gasteiger partial charge in [-0.3, -0.25) is 14.4 Å². The molecule has 1 unspecified atom stereocenters. The second kappa shape index (κ2) is 6.58. The molecule has 0 aliphatic carbocycles. The predicted octanol–water partition coefficient (Wildman–Crippen LogP) is 1.55. The summed E-state index contributed by atoms with van der Waals surface area (Å²) in [5.74, 6) is 0.181. The summed E-state index contributed by atoms with van der Waals surface area (Å²) in [6.45, 7) is 1.63. The van der Waals surface area contributed by atoms with Gasteiger partial charge in [0.1, 0.15) is 0 Å². The summed E-state index contributed by atoms with van der Waals surface area (Å²) in [6.07, 6.45) is 8.32. The van der Waals surface area contributed by atoms with Crippen LogP contribution in [0.4, 0.5) is 5.69 Å². The first kappa shape index (κ1) is 15.2. The molecule has 3 heterocycles. The van der Waals surface area contributed by atoms with Crippen LogP contribution in [0.5, 0.6) is 0 Å². The molecule has 0 saturated carbocycles. The van der Waals surface area contributed by atoms with Gasteiger partial charge in [0.05, 0.1) is 22.9 Å². The number of aromatic nitrogens is 3. The van der Waals surface area contributed by atoms with Gasteiger partial charge in [-0.1, -0.05) is 0 Å². The van der Waals surface area contributed by atoms with E-state index >= 15 is 0 Å². The third-order valence-electron chi connectivity index (χ3n) is 4.11. The fourth-order valence-corrected chi connectivity index (χ4v) is 3.48. The van der Waals surface area contributed by atoms with Gasteiger partial charge in [-0.05, 0) is 19.9 Å². The molecule has 22 heavy (non-hydrogen) atoms. The topological polar surface area (TPSA) is 54.3 Å². The van der Waals surface area contributed by atoms with Crippen LogP contribution in [0.2, 0.25) is 0 Å². The van der Waals surface area contributed by atoms with Crippen molar-refractivity contribution < 1.29 is 4.79 Å². The molecule has 0 N–H and O–H groups in total. The number of anilines is 1. The molecule has 1 aliphatic rings. The monoisotopic (exact) mass is 319 g/mol. The molecule has 7 heteroatoms. The molecular weight excluding hydrogens is 298 g/mol. The third-order valence-corrected chi connectivity index (χ3v) is 4.95. The van der Waals surface area contributed by atoms with Crippen molar-refractivity contribution in [1.82, 2.24) is 19.7 Å². The van der Waals surface area contributed by atoms with Crippen LogP contribution in [0.25, 0.3) is 0 Å². The summed E-state index contributed by atoms with van der Waals surface area (Å²) in [7, 11) is 3.90. The lowest BCUT2D eigenvalue weighted by atomic mass is 10.0. The number of likely N-dealkylation sites (N-methyl/N-ethyl adjacent to an activating group) is 1. The number of nitrogens with zero attached hydrogens (tertiary/aromatic N) is 5. The van der Waals surface area contributed by atoms with E-state index in [0.29, 0.717) is 0 Å². The fraction of sp³-hybridized carbons (Fsp3) is 0.533. The van der Waals surface area contributed by atoms with Gasteiger partial charge in [-0.2, -0.15) is 5.10 Å². The summed E-state index contributed by atoms with van der Waals surface area (Å²) in [5.41, 5.74) is 0.894. The molecule has 6 nitrogen and oxygen atoms in total. The normalized spacial score (nSPS) is 19.1. The molecule has 0 aromatic carbocycles. The van der Waals surface area contributed by atoms with Crippen molar-refractivity contribution in [1.29, 1.82) is 0 Å². The largest absolute Gasteiger partial charge is 0.308 e. The molecule has 3 rings (SSSR count). The minimum atomic E-state index is -0.0473. The Bertz CT molecular complexity index is 624. The van der Waals surface area contributed by atoms with E-state index < -0.39 is 0 Å². The summed E-state index contributed by atoms with van der Waals surface area (Å²) in [5, 5.41) is 7.28. The molecule has 1 amide bonds. The quantitative estimate of drug-likeness (QED) is 0.839. The van der Waals surface area contributed by atoms with E-state index in [1.54, 1.807) is 22.2 Å². The van der Waals surface area contributed by atoms with Crippen molar-refractivity contribution in [2.24, 2.45) is 7.05 Å². The van der Waals surface area contributed by atoms with Gasteiger partial charge in [0.15, 0.2) is 0 Å². The van der Waals surface area contributed by atoms with E-state index in [9.17, 15) is 4.79 Å². The number of carbonyl (C=O) groups is 1. The Labute approximate surface area is 134 Å². The van der Waals surface area contributed by atoms with E-state index in [1.165, 1.54) is 0 Å². The van der Waals surface area contributed by atoms with Gasteiger partial charge >= 0.3 is 0 Å². The molecule has 0 spiro atoms. The zero-order valence-electron chi connectivity index (χ0n) is 13.0. The summed E-state index contributed by atoms with van der Waals surface area (Å²) >= 11 is 1.67. The Morgan fingerprint density at radius 1 is 1.50 bits per heavy atom. The predicted molar refractivity (Wildman–Crippen MR) is 87.0 cm³/mol. The summed E-state index contributed by atoms with van der Waals surface area (Å²) < 4.78 is 1.73. The number of hydrogen-bond acceptors (Lipinski definition) is 5. The van der Waals surface area contributed by atoms with E-state index in [2.05, 4.69) is 15.0 Å². The van der Waals surface area contributed by atoms with Gasteiger partial charge in [0.25, 0.3) is 0 Å². The van der Waals surface area contributed by atoms with E-state index in [0.717, 1.165) is 43.0 Å². The number of thiazole rings is 1. The Kier molecular flexibility index (Phi) is 4.54. The lowest BCUT2D eigenvalue weighted by Gasteiger charge is -2.36. The molecule has 0 bridgehead atoms. The molecule has 1 fully saturated rings. The number of rotatable bonds is 5. The smallest absolute Gasteiger partial charge is 0.244 e. The SMILES string of the molecule is CN(CCc1nccs1)C1CCCN(c2cnn(C)c2)C1=O. The van der Waals surface area contributed by atoms with Crippen LogP contribution < -0.4 is 4.90 Å². The van der Waals surface area contributed by atoms with Gasteiger partial charge in [0, 0.05) is 44.3 Å². The van der Waals surface area contributed by atoms with Crippen LogP contribution in [-0.4, -0.2) is 51.8 Å². The second-order valence-electron chi connectivity index (χ2n) is 5.68. The van der Waals surface area contributed by atoms with E-state index in [1.807, 2.05) is 36.8 Å². The molecule has 2 aromatic rings. The maximum absolute atomic E-state index is 12.8. The molecular formula is C15H21N5OS. The van der Waals surface area contributed by atoms with Gasteiger partial charge < -0.3 is 4.90 Å². The van der Waals surface area contributed by atoms with Gasteiger partial charge in [-0.15, -0.1) is 11.3 Å². The van der Waals surface area contributed by atoms with Crippen molar-refractivity contribution in [3.05, 3.63) is 29.0 Å². The summed E-state index contributed by atoms with van der Waals surface area (Å²) in [4.78, 5) is 21.1. The Hall–Kier alpha value is -1.73. The number of amides is 1. The maximum Gasteiger partial charge on any atom is 0.244 e. The second-order valence-corrected chi connectivity index (χ2v) is 6.66. The Morgan fingerprint density at radius 2 is 2.36 bits per heavy atom. The minimum Gasteiger partial charge on any atom is -0.308 e. The lowest BCUT2D eigenvalue weighted by Crippen LogP contribution is -2.51. The van der Waals surface area contributed by atoms with Crippen LogP contribution >= 0.6 is 11.3 Å². The molecule has 118 valence electrons. The maximum atomic E-state index is 12.8. The first-order valence-corrected chi connectivity index (χ1v) is 8.42. The van der Waals surface area contributed by atoms with Crippen molar-refractivity contribution in [3.8, 4) is 0 Å². The van der Waals surface area contributed by atoms with E-state index in [-0.39, 0.29) is 11.9 Å². The van der Waals surface area contributed by atoms with Crippen LogP contribution in [-0.2, 0) is 18.3 Å². The highest BCUT2D eigenvalue weighted by molar-refractivity contribution is 7.09. The van der Waals surface area contributed by atoms with Crippen LogP contribution in [0.15, 0.2) is 24.0 Å². The van der Waals surface area contributed by atoms with Crippen molar-refractivity contribution >= 4 is 22.9 Å². The fourth-order valence-electron chi connectivity index (χ4n) is 2.87. The number of hydrogen-bond donors (Lipinski definition) is 0. The highest BCUT2D eigenvalue weighted by atomic mass is 32.1. The zero-order valence-corrected chi connectivity index (χ0v) is 13.8. The van der Waals surface area contributed by atoms with E-state index in [4.69, 9.17) is 0 Å². The highest BCUT2D eigenvalue weighted by Gasteiger charge is 2.32. The van der Waals surface area contributed by atoms with Crippen molar-refractivity contribution in [3.63, 3.8) is 0 Å². The average Bonchev–Trinajstić information content (AvgIpc) is 3.16. The molecule has 1 aliphatic heterocycles. The molecule has 0 radical (unpaired) electrons. The Balaban J connectivity index is 1.64. The minimum absolute atomic E-state index is 0.0473. The standard InChI is InChI=1S/C15H21N5OS/c1-18(8-5-14-16-6-9-22-14)13-4-3-7-20(15(13)21)12-10-17-19(2)11-12/h6,9-11,13H,3-5,7-8H2,1-2H3. The average molecular weight is 319 g/mol. The van der Waals surface area contributed by atoms with Gasteiger partial charge in [0.2, 0.25) is 5.91 Å². The summed E-state index contributed by atoms with van der Waals surface area (Å²) in [6, 6.07) is -0.0473. The zero-order chi connectivity index (χ0) is 15.5. The van der Waals surface area contributed by atoms with Crippen molar-refractivity contribution in [2.75, 3.05) is 25.0 Å². The molecule has 2 aromatic heterocycles. The molecule has 1 atom stereocenters. The van der Waals surface area contributed by atoms with Gasteiger partial charge in [-0.25, -0.2) is 4.98 Å².